The van der Waals surface area contributed by atoms with Crippen molar-refractivity contribution in [3.05, 3.63) is 28.7 Å². The van der Waals surface area contributed by atoms with Crippen LogP contribution in [0, 0.1) is 0 Å². The smallest absolute Gasteiger partial charge is 0.222 e. The molecule has 1 aromatic rings. The van der Waals surface area contributed by atoms with Gasteiger partial charge in [-0.15, -0.1) is 12.4 Å². The molecule has 2 rings (SSSR count). The van der Waals surface area contributed by atoms with E-state index in [1.807, 2.05) is 36.1 Å². The molecule has 1 aliphatic heterocycles. The second kappa shape index (κ2) is 10.2. The van der Waals surface area contributed by atoms with Gasteiger partial charge in [0.15, 0.2) is 0 Å². The minimum atomic E-state index is 0. The minimum Gasteiger partial charge on any atom is -0.492 e. The van der Waals surface area contributed by atoms with Crippen molar-refractivity contribution in [3.63, 3.8) is 0 Å². The molecule has 2 N–H and O–H groups in total. The van der Waals surface area contributed by atoms with Crippen molar-refractivity contribution in [2.45, 2.75) is 51.1 Å². The molecule has 1 aliphatic rings. The van der Waals surface area contributed by atoms with Gasteiger partial charge >= 0.3 is 0 Å². The molecule has 4 nitrogen and oxygen atoms in total. The number of likely N-dealkylation sites (tertiary alicyclic amines) is 1. The molecule has 1 fully saturated rings. The maximum absolute atomic E-state index is 12.4. The summed E-state index contributed by atoms with van der Waals surface area (Å²) in [5.74, 6) is 1.03. The summed E-state index contributed by atoms with van der Waals surface area (Å²) in [7, 11) is 0. The van der Waals surface area contributed by atoms with E-state index in [0.717, 1.165) is 36.0 Å². The molecule has 23 heavy (non-hydrogen) atoms. The highest BCUT2D eigenvalue weighted by atomic mass is 79.9. The van der Waals surface area contributed by atoms with Gasteiger partial charge in [-0.3, -0.25) is 4.79 Å². The van der Waals surface area contributed by atoms with E-state index in [0.29, 0.717) is 13.0 Å². The van der Waals surface area contributed by atoms with Crippen LogP contribution in [0.4, 0.5) is 0 Å². The molecule has 2 atom stereocenters. The molecule has 1 saturated heterocycles. The van der Waals surface area contributed by atoms with Gasteiger partial charge in [-0.1, -0.05) is 12.1 Å². The van der Waals surface area contributed by atoms with Crippen LogP contribution in [0.15, 0.2) is 28.7 Å². The fourth-order valence-corrected chi connectivity index (χ4v) is 3.32. The molecule has 2 unspecified atom stereocenters. The van der Waals surface area contributed by atoms with Crippen LogP contribution < -0.4 is 10.5 Å². The van der Waals surface area contributed by atoms with Gasteiger partial charge in [-0.05, 0) is 60.7 Å². The summed E-state index contributed by atoms with van der Waals surface area (Å²) in [6.45, 7) is 3.38. The van der Waals surface area contributed by atoms with Crippen molar-refractivity contribution in [1.29, 1.82) is 0 Å². The van der Waals surface area contributed by atoms with E-state index in [-0.39, 0.29) is 30.4 Å². The van der Waals surface area contributed by atoms with Crippen LogP contribution in [0.2, 0.25) is 0 Å². The zero-order chi connectivity index (χ0) is 15.9. The Balaban J connectivity index is 0.00000264. The number of nitrogens with two attached hydrogens (primary N) is 1. The standard InChI is InChI=1S/C17H25BrN2O2.ClH/c1-13(19)15-8-4-5-11-20(15)17(21)10-6-12-22-16-9-3-2-7-14(16)18;/h2-3,7,9,13,15H,4-6,8,10-12,19H2,1H3;1H. The van der Waals surface area contributed by atoms with Crippen molar-refractivity contribution >= 4 is 34.2 Å². The van der Waals surface area contributed by atoms with Gasteiger partial charge in [0.25, 0.3) is 0 Å². The Bertz CT molecular complexity index is 499. The Morgan fingerprint density at radius 3 is 2.87 bits per heavy atom. The summed E-state index contributed by atoms with van der Waals surface area (Å²) in [6.07, 6.45) is 4.52. The summed E-state index contributed by atoms with van der Waals surface area (Å²) in [6, 6.07) is 7.99. The predicted octanol–water partition coefficient (Wildman–Crippen LogP) is 3.76. The first-order chi connectivity index (χ1) is 10.6. The van der Waals surface area contributed by atoms with E-state index in [2.05, 4.69) is 15.9 Å². The monoisotopic (exact) mass is 404 g/mol. The number of nitrogens with zero attached hydrogens (tertiary/aromatic N) is 1. The van der Waals surface area contributed by atoms with Crippen LogP contribution >= 0.6 is 28.3 Å². The Morgan fingerprint density at radius 1 is 1.43 bits per heavy atom. The summed E-state index contributed by atoms with van der Waals surface area (Å²) in [4.78, 5) is 14.4. The summed E-state index contributed by atoms with van der Waals surface area (Å²) in [5, 5.41) is 0. The third-order valence-corrected chi connectivity index (χ3v) is 4.76. The number of hydrogen-bond donors (Lipinski definition) is 1. The van der Waals surface area contributed by atoms with Crippen molar-refractivity contribution in [2.24, 2.45) is 5.73 Å². The van der Waals surface area contributed by atoms with Crippen LogP contribution in [0.3, 0.4) is 0 Å². The van der Waals surface area contributed by atoms with Gasteiger partial charge < -0.3 is 15.4 Å². The molecule has 0 aliphatic carbocycles. The molecule has 1 amide bonds. The van der Waals surface area contributed by atoms with Crippen molar-refractivity contribution in [2.75, 3.05) is 13.2 Å². The molecule has 0 aromatic heterocycles. The Morgan fingerprint density at radius 2 is 2.17 bits per heavy atom. The highest BCUT2D eigenvalue weighted by Gasteiger charge is 2.28. The van der Waals surface area contributed by atoms with Gasteiger partial charge in [0.05, 0.1) is 11.1 Å². The lowest BCUT2D eigenvalue weighted by molar-refractivity contribution is -0.135. The van der Waals surface area contributed by atoms with E-state index in [4.69, 9.17) is 10.5 Å². The first kappa shape index (κ1) is 20.3. The fraction of sp³-hybridized carbons (Fsp3) is 0.588. The van der Waals surface area contributed by atoms with E-state index in [1.54, 1.807) is 0 Å². The Kier molecular flexibility index (Phi) is 8.95. The van der Waals surface area contributed by atoms with Crippen molar-refractivity contribution in [3.8, 4) is 5.75 Å². The number of hydrogen-bond acceptors (Lipinski definition) is 3. The molecule has 1 aromatic carbocycles. The summed E-state index contributed by atoms with van der Waals surface area (Å²) >= 11 is 3.45. The number of benzene rings is 1. The average molecular weight is 406 g/mol. The molecular formula is C17H26BrClN2O2. The zero-order valence-electron chi connectivity index (χ0n) is 13.5. The molecule has 6 heteroatoms. The normalized spacial score (nSPS) is 18.9. The fourth-order valence-electron chi connectivity index (χ4n) is 2.92. The van der Waals surface area contributed by atoms with Crippen LogP contribution in [0.5, 0.6) is 5.75 Å². The zero-order valence-corrected chi connectivity index (χ0v) is 15.9. The predicted molar refractivity (Wildman–Crippen MR) is 99.1 cm³/mol. The third-order valence-electron chi connectivity index (χ3n) is 4.11. The highest BCUT2D eigenvalue weighted by molar-refractivity contribution is 9.10. The SMILES string of the molecule is CC(N)C1CCCCN1C(=O)CCCOc1ccccc1Br.Cl. The second-order valence-electron chi connectivity index (χ2n) is 5.89. The lowest BCUT2D eigenvalue weighted by atomic mass is 9.96. The van der Waals surface area contributed by atoms with Crippen LogP contribution in [-0.4, -0.2) is 36.0 Å². The number of amides is 1. The first-order valence-electron chi connectivity index (χ1n) is 8.02. The van der Waals surface area contributed by atoms with E-state index < -0.39 is 0 Å². The maximum Gasteiger partial charge on any atom is 0.222 e. The molecule has 1 heterocycles. The summed E-state index contributed by atoms with van der Waals surface area (Å²) in [5.41, 5.74) is 6.02. The van der Waals surface area contributed by atoms with E-state index >= 15 is 0 Å². The van der Waals surface area contributed by atoms with Crippen LogP contribution in [0.25, 0.3) is 0 Å². The third kappa shape index (κ3) is 5.98. The number of para-hydroxylation sites is 1. The quantitative estimate of drug-likeness (QED) is 0.733. The van der Waals surface area contributed by atoms with Gasteiger partial charge in [-0.2, -0.15) is 0 Å². The van der Waals surface area contributed by atoms with Gasteiger partial charge in [0.1, 0.15) is 5.75 Å². The minimum absolute atomic E-state index is 0. The largest absolute Gasteiger partial charge is 0.492 e. The molecular weight excluding hydrogens is 380 g/mol. The van der Waals surface area contributed by atoms with Gasteiger partial charge in [0.2, 0.25) is 5.91 Å². The van der Waals surface area contributed by atoms with Gasteiger partial charge in [0, 0.05) is 25.0 Å². The molecule has 0 radical (unpaired) electrons. The first-order valence-corrected chi connectivity index (χ1v) is 8.81. The number of carbonyl (C=O) groups is 1. The molecule has 0 spiro atoms. The number of rotatable bonds is 6. The second-order valence-corrected chi connectivity index (χ2v) is 6.75. The van der Waals surface area contributed by atoms with Crippen molar-refractivity contribution < 1.29 is 9.53 Å². The molecule has 130 valence electrons. The van der Waals surface area contributed by atoms with E-state index in [1.165, 1.54) is 6.42 Å². The lowest BCUT2D eigenvalue weighted by Crippen LogP contribution is -2.51. The molecule has 0 saturated carbocycles. The highest BCUT2D eigenvalue weighted by Crippen LogP contribution is 2.24. The van der Waals surface area contributed by atoms with Crippen LogP contribution in [0.1, 0.15) is 39.0 Å². The number of ether oxygens (including phenoxy) is 1. The van der Waals surface area contributed by atoms with Crippen LogP contribution in [-0.2, 0) is 4.79 Å². The number of piperidine rings is 1. The summed E-state index contributed by atoms with van der Waals surface area (Å²) < 4.78 is 6.65. The van der Waals surface area contributed by atoms with Crippen molar-refractivity contribution in [1.82, 2.24) is 4.90 Å². The molecule has 0 bridgehead atoms. The maximum atomic E-state index is 12.4. The number of halogens is 2. The Labute approximate surface area is 153 Å². The Hall–Kier alpha value is -0.780. The van der Waals surface area contributed by atoms with E-state index in [9.17, 15) is 4.79 Å². The average Bonchev–Trinajstić information content (AvgIpc) is 2.52. The number of carbonyl (C=O) groups excluding carboxylic acids is 1. The topological polar surface area (TPSA) is 55.6 Å². The lowest BCUT2D eigenvalue weighted by Gasteiger charge is -2.38. The van der Waals surface area contributed by atoms with Gasteiger partial charge in [-0.25, -0.2) is 0 Å².